The molecule has 0 unspecified atom stereocenters. The van der Waals surface area contributed by atoms with Crippen molar-refractivity contribution in [1.82, 2.24) is 4.57 Å². The van der Waals surface area contributed by atoms with Gasteiger partial charge < -0.3 is 9.88 Å². The van der Waals surface area contributed by atoms with E-state index in [9.17, 15) is 14.0 Å². The van der Waals surface area contributed by atoms with Crippen LogP contribution in [0.2, 0.25) is 0 Å². The van der Waals surface area contributed by atoms with Gasteiger partial charge in [-0.1, -0.05) is 31.9 Å². The van der Waals surface area contributed by atoms with Crippen LogP contribution in [0, 0.1) is 12.7 Å². The number of nitrogens with one attached hydrogen (secondary N) is 1. The predicted molar refractivity (Wildman–Crippen MR) is 101 cm³/mol. The average molecular weight is 409 g/mol. The van der Waals surface area contributed by atoms with Crippen molar-refractivity contribution >= 4 is 27.5 Å². The van der Waals surface area contributed by atoms with Crippen LogP contribution in [0.1, 0.15) is 43.7 Å². The smallest absolute Gasteiger partial charge is 0.274 e. The number of anilines is 1. The third-order valence-electron chi connectivity index (χ3n) is 4.02. The van der Waals surface area contributed by atoms with Crippen LogP contribution in [0.4, 0.5) is 10.1 Å². The topological polar surface area (TPSA) is 51.1 Å². The van der Waals surface area contributed by atoms with E-state index in [-0.39, 0.29) is 23.0 Å². The third-order valence-corrected chi connectivity index (χ3v) is 4.81. The molecule has 4 nitrogen and oxygen atoms in total. The predicted octanol–water partition coefficient (Wildman–Crippen LogP) is 4.63. The largest absolute Gasteiger partial charge is 0.321 e. The Kier molecular flexibility index (Phi) is 6.93. The molecule has 0 spiro atoms. The highest BCUT2D eigenvalue weighted by molar-refractivity contribution is 9.10. The molecule has 0 saturated heterocycles. The van der Waals surface area contributed by atoms with Crippen LogP contribution in [0.5, 0.6) is 0 Å². The molecule has 25 heavy (non-hydrogen) atoms. The van der Waals surface area contributed by atoms with Gasteiger partial charge in [0.25, 0.3) is 5.56 Å². The minimum Gasteiger partial charge on any atom is -0.321 e. The molecule has 0 aliphatic heterocycles. The Hall–Kier alpha value is -1.95. The van der Waals surface area contributed by atoms with E-state index in [0.29, 0.717) is 18.5 Å². The highest BCUT2D eigenvalue weighted by atomic mass is 79.9. The Labute approximate surface area is 155 Å². The lowest BCUT2D eigenvalue weighted by molar-refractivity contribution is -0.116. The minimum atomic E-state index is -0.318. The van der Waals surface area contributed by atoms with Crippen LogP contribution >= 0.6 is 15.9 Å². The zero-order chi connectivity index (χ0) is 18.4. The normalized spacial score (nSPS) is 10.7. The first-order valence-corrected chi connectivity index (χ1v) is 9.15. The molecule has 1 aromatic heterocycles. The number of carbonyl (C=O) groups excluding carboxylic acids is 1. The number of carbonyl (C=O) groups is 1. The van der Waals surface area contributed by atoms with Gasteiger partial charge in [-0.25, -0.2) is 4.39 Å². The van der Waals surface area contributed by atoms with Gasteiger partial charge in [0.05, 0.1) is 6.54 Å². The van der Waals surface area contributed by atoms with Crippen molar-refractivity contribution in [3.8, 4) is 0 Å². The molecule has 1 aromatic carbocycles. The van der Waals surface area contributed by atoms with E-state index in [2.05, 4.69) is 28.2 Å². The van der Waals surface area contributed by atoms with Crippen molar-refractivity contribution in [2.45, 2.75) is 46.1 Å². The first kappa shape index (κ1) is 19.4. The number of nitrogens with zero attached hydrogens (tertiary/aromatic N) is 1. The van der Waals surface area contributed by atoms with Gasteiger partial charge in [0.15, 0.2) is 0 Å². The molecule has 1 heterocycles. The Morgan fingerprint density at radius 1 is 1.24 bits per heavy atom. The fraction of sp³-hybridized carbons (Fsp3) is 0.368. The van der Waals surface area contributed by atoms with Crippen LogP contribution in [0.15, 0.2) is 39.7 Å². The van der Waals surface area contributed by atoms with Crippen molar-refractivity contribution in [3.63, 3.8) is 0 Å². The first-order valence-electron chi connectivity index (χ1n) is 8.36. The van der Waals surface area contributed by atoms with Gasteiger partial charge in [-0.2, -0.15) is 0 Å². The van der Waals surface area contributed by atoms with Gasteiger partial charge in [0.2, 0.25) is 5.91 Å². The highest BCUT2D eigenvalue weighted by Crippen LogP contribution is 2.21. The number of benzene rings is 1. The molecular weight excluding hydrogens is 387 g/mol. The maximum atomic E-state index is 13.0. The second-order valence-electron chi connectivity index (χ2n) is 6.04. The standard InChI is InChI=1S/C19H22BrFN2O2/c1-3-4-5-6-17(24)22-18-13(2)16(20)12-23(19(18)25)11-14-7-9-15(21)10-8-14/h7-10,12H,3-6,11H2,1-2H3,(H,22,24). The zero-order valence-electron chi connectivity index (χ0n) is 14.4. The Bertz CT molecular complexity index is 800. The summed E-state index contributed by atoms with van der Waals surface area (Å²) in [6.07, 6.45) is 4.91. The molecule has 0 fully saturated rings. The lowest BCUT2D eigenvalue weighted by Crippen LogP contribution is -2.27. The van der Waals surface area contributed by atoms with E-state index in [4.69, 9.17) is 0 Å². The van der Waals surface area contributed by atoms with Crippen molar-refractivity contribution in [2.24, 2.45) is 0 Å². The molecule has 0 aliphatic carbocycles. The summed E-state index contributed by atoms with van der Waals surface area (Å²) in [6, 6.07) is 6.00. The van der Waals surface area contributed by atoms with Gasteiger partial charge in [0.1, 0.15) is 11.5 Å². The Balaban J connectivity index is 2.25. The van der Waals surface area contributed by atoms with E-state index in [0.717, 1.165) is 29.3 Å². The van der Waals surface area contributed by atoms with Crippen molar-refractivity contribution in [2.75, 3.05) is 5.32 Å². The van der Waals surface area contributed by atoms with Gasteiger partial charge in [-0.05, 0) is 52.5 Å². The van der Waals surface area contributed by atoms with Gasteiger partial charge in [-0.15, -0.1) is 0 Å². The molecule has 6 heteroatoms. The van der Waals surface area contributed by atoms with E-state index in [1.54, 1.807) is 25.3 Å². The quantitative estimate of drug-likeness (QED) is 0.679. The second-order valence-corrected chi connectivity index (χ2v) is 6.90. The summed E-state index contributed by atoms with van der Waals surface area (Å²) < 4.78 is 15.3. The summed E-state index contributed by atoms with van der Waals surface area (Å²) in [5, 5.41) is 2.75. The molecule has 0 bridgehead atoms. The number of hydrogen-bond acceptors (Lipinski definition) is 2. The van der Waals surface area contributed by atoms with E-state index >= 15 is 0 Å². The highest BCUT2D eigenvalue weighted by Gasteiger charge is 2.14. The molecule has 1 N–H and O–H groups in total. The molecule has 0 saturated carbocycles. The summed E-state index contributed by atoms with van der Waals surface area (Å²) in [5.41, 5.74) is 1.52. The molecule has 1 amide bonds. The molecule has 0 radical (unpaired) electrons. The molecule has 134 valence electrons. The number of halogens is 2. The van der Waals surface area contributed by atoms with E-state index in [1.807, 2.05) is 0 Å². The summed E-state index contributed by atoms with van der Waals surface area (Å²) >= 11 is 3.44. The number of amides is 1. The Morgan fingerprint density at radius 2 is 1.92 bits per heavy atom. The number of aromatic nitrogens is 1. The lowest BCUT2D eigenvalue weighted by Gasteiger charge is -2.14. The van der Waals surface area contributed by atoms with Crippen LogP contribution in [-0.4, -0.2) is 10.5 Å². The molecule has 2 rings (SSSR count). The SMILES string of the molecule is CCCCCC(=O)Nc1c(C)c(Br)cn(Cc2ccc(F)cc2)c1=O. The Morgan fingerprint density at radius 3 is 2.56 bits per heavy atom. The number of hydrogen-bond donors (Lipinski definition) is 1. The molecule has 2 aromatic rings. The van der Waals surface area contributed by atoms with Gasteiger partial charge in [0, 0.05) is 17.1 Å². The number of rotatable bonds is 7. The minimum absolute atomic E-state index is 0.153. The van der Waals surface area contributed by atoms with Crippen molar-refractivity contribution in [3.05, 3.63) is 62.2 Å². The summed E-state index contributed by atoms with van der Waals surface area (Å²) in [5.74, 6) is -0.471. The summed E-state index contributed by atoms with van der Waals surface area (Å²) in [6.45, 7) is 4.16. The fourth-order valence-electron chi connectivity index (χ4n) is 2.50. The molecular formula is C19H22BrFN2O2. The van der Waals surface area contributed by atoms with Crippen molar-refractivity contribution in [1.29, 1.82) is 0 Å². The maximum Gasteiger partial charge on any atom is 0.274 e. The maximum absolute atomic E-state index is 13.0. The van der Waals surface area contributed by atoms with Gasteiger partial charge >= 0.3 is 0 Å². The van der Waals surface area contributed by atoms with Crippen LogP contribution in [-0.2, 0) is 11.3 Å². The van der Waals surface area contributed by atoms with E-state index < -0.39 is 0 Å². The number of unbranched alkanes of at least 4 members (excludes halogenated alkanes) is 2. The zero-order valence-corrected chi connectivity index (χ0v) is 16.0. The lowest BCUT2D eigenvalue weighted by atomic mass is 10.2. The van der Waals surface area contributed by atoms with E-state index in [1.165, 1.54) is 16.7 Å². The third kappa shape index (κ3) is 5.26. The molecule has 0 aliphatic rings. The number of pyridine rings is 1. The van der Waals surface area contributed by atoms with Gasteiger partial charge in [-0.3, -0.25) is 9.59 Å². The van der Waals surface area contributed by atoms with Crippen LogP contribution in [0.3, 0.4) is 0 Å². The van der Waals surface area contributed by atoms with Crippen LogP contribution in [0.25, 0.3) is 0 Å². The van der Waals surface area contributed by atoms with Crippen molar-refractivity contribution < 1.29 is 9.18 Å². The second kappa shape index (κ2) is 8.94. The summed E-state index contributed by atoms with van der Waals surface area (Å²) in [4.78, 5) is 24.8. The fourth-order valence-corrected chi connectivity index (χ4v) is 2.95. The summed E-state index contributed by atoms with van der Waals surface area (Å²) in [7, 11) is 0. The molecule has 0 atom stereocenters. The first-order chi connectivity index (χ1) is 11.9. The average Bonchev–Trinajstić information content (AvgIpc) is 2.58. The van der Waals surface area contributed by atoms with Crippen LogP contribution < -0.4 is 10.9 Å². The monoisotopic (exact) mass is 408 g/mol.